The number of nitrogens with one attached hydrogen (secondary N) is 1. The zero-order valence-electron chi connectivity index (χ0n) is 13.0. The van der Waals surface area contributed by atoms with Crippen molar-refractivity contribution in [2.45, 2.75) is 32.7 Å². The van der Waals surface area contributed by atoms with Crippen molar-refractivity contribution in [1.29, 1.82) is 0 Å². The molecule has 116 valence electrons. The molecule has 1 aromatic carbocycles. The van der Waals surface area contributed by atoms with Crippen LogP contribution in [-0.2, 0) is 6.54 Å². The number of aromatic nitrogens is 1. The van der Waals surface area contributed by atoms with Crippen LogP contribution in [0.5, 0.6) is 0 Å². The summed E-state index contributed by atoms with van der Waals surface area (Å²) in [5, 5.41) is 7.12. The van der Waals surface area contributed by atoms with Crippen LogP contribution in [0.3, 0.4) is 0 Å². The summed E-state index contributed by atoms with van der Waals surface area (Å²) in [6, 6.07) is 8.60. The second-order valence-corrected chi connectivity index (χ2v) is 6.60. The van der Waals surface area contributed by atoms with Crippen LogP contribution in [0.25, 0.3) is 0 Å². The third kappa shape index (κ3) is 4.39. The third-order valence-corrected chi connectivity index (χ3v) is 4.66. The average Bonchev–Trinajstić information content (AvgIpc) is 2.94. The zero-order valence-corrected chi connectivity index (χ0v) is 13.8. The van der Waals surface area contributed by atoms with Gasteiger partial charge in [-0.05, 0) is 50.0 Å². The molecule has 0 aliphatic carbocycles. The predicted octanol–water partition coefficient (Wildman–Crippen LogP) is 3.88. The highest BCUT2D eigenvalue weighted by molar-refractivity contribution is 7.13. The molecule has 1 fully saturated rings. The molecule has 4 nitrogen and oxygen atoms in total. The number of likely N-dealkylation sites (tertiary alicyclic amines) is 1. The van der Waals surface area contributed by atoms with Gasteiger partial charge in [0.15, 0.2) is 0 Å². The van der Waals surface area contributed by atoms with Gasteiger partial charge >= 0.3 is 0 Å². The van der Waals surface area contributed by atoms with E-state index in [0.717, 1.165) is 22.9 Å². The van der Waals surface area contributed by atoms with Gasteiger partial charge in [-0.15, -0.1) is 11.3 Å². The second-order valence-electron chi connectivity index (χ2n) is 5.75. The smallest absolute Gasteiger partial charge is 0.203 e. The Kier molecular flexibility index (Phi) is 5.19. The molecule has 1 saturated heterocycles. The van der Waals surface area contributed by atoms with Crippen molar-refractivity contribution in [2.75, 3.05) is 18.5 Å². The highest BCUT2D eigenvalue weighted by Gasteiger charge is 2.10. The number of benzene rings is 1. The van der Waals surface area contributed by atoms with Gasteiger partial charge in [-0.25, -0.2) is 4.98 Å². The van der Waals surface area contributed by atoms with E-state index in [1.165, 1.54) is 37.9 Å². The van der Waals surface area contributed by atoms with Crippen LogP contribution in [-0.4, -0.2) is 29.2 Å². The van der Waals surface area contributed by atoms with Gasteiger partial charge in [0, 0.05) is 11.9 Å². The molecular weight excluding hydrogens is 292 g/mol. The number of hydrogen-bond acceptors (Lipinski definition) is 5. The average molecular weight is 314 g/mol. The van der Waals surface area contributed by atoms with E-state index < -0.39 is 0 Å². The van der Waals surface area contributed by atoms with Crippen LogP contribution >= 0.6 is 11.3 Å². The van der Waals surface area contributed by atoms with Crippen molar-refractivity contribution < 1.29 is 0 Å². The lowest BCUT2D eigenvalue weighted by Crippen LogP contribution is -2.29. The summed E-state index contributed by atoms with van der Waals surface area (Å²) in [6.07, 6.45) is 5.90. The molecule has 0 saturated carbocycles. The number of hydrogen-bond donors (Lipinski definition) is 1. The Labute approximate surface area is 135 Å². The van der Waals surface area contributed by atoms with E-state index in [0.29, 0.717) is 0 Å². The first kappa shape index (κ1) is 15.2. The molecule has 0 bridgehead atoms. The van der Waals surface area contributed by atoms with E-state index in [1.807, 2.05) is 18.5 Å². The highest BCUT2D eigenvalue weighted by Crippen LogP contribution is 2.15. The molecule has 3 rings (SSSR count). The van der Waals surface area contributed by atoms with E-state index in [4.69, 9.17) is 0 Å². The molecule has 0 unspecified atom stereocenters. The van der Waals surface area contributed by atoms with Gasteiger partial charge in [-0.2, -0.15) is 5.10 Å². The summed E-state index contributed by atoms with van der Waals surface area (Å²) in [5.41, 5.74) is 6.48. The number of aryl methyl sites for hydroxylation is 1. The minimum Gasteiger partial charge on any atom is -0.299 e. The lowest BCUT2D eigenvalue weighted by Gasteiger charge is -2.26. The molecule has 22 heavy (non-hydrogen) atoms. The number of piperidine rings is 1. The molecule has 0 atom stereocenters. The Hall–Kier alpha value is -1.72. The fourth-order valence-electron chi connectivity index (χ4n) is 2.71. The number of hydrazone groups is 1. The summed E-state index contributed by atoms with van der Waals surface area (Å²) < 4.78 is 0. The summed E-state index contributed by atoms with van der Waals surface area (Å²) in [7, 11) is 0. The van der Waals surface area contributed by atoms with Crippen LogP contribution in [0.15, 0.2) is 34.7 Å². The molecule has 2 heterocycles. The van der Waals surface area contributed by atoms with Crippen LogP contribution in [0.1, 0.15) is 36.1 Å². The molecule has 1 aliphatic rings. The van der Waals surface area contributed by atoms with Crippen molar-refractivity contribution in [3.63, 3.8) is 0 Å². The van der Waals surface area contributed by atoms with E-state index >= 15 is 0 Å². The zero-order chi connectivity index (χ0) is 15.2. The van der Waals surface area contributed by atoms with Gasteiger partial charge in [0.2, 0.25) is 5.13 Å². The summed E-state index contributed by atoms with van der Waals surface area (Å²) in [6.45, 7) is 5.47. The van der Waals surface area contributed by atoms with Crippen LogP contribution in [0.2, 0.25) is 0 Å². The molecule has 0 amide bonds. The molecule has 1 aromatic heterocycles. The van der Waals surface area contributed by atoms with Crippen molar-refractivity contribution in [3.8, 4) is 0 Å². The summed E-state index contributed by atoms with van der Waals surface area (Å²) in [5.74, 6) is 0. The topological polar surface area (TPSA) is 40.5 Å². The maximum Gasteiger partial charge on any atom is 0.203 e. The molecule has 0 spiro atoms. The van der Waals surface area contributed by atoms with Crippen LogP contribution in [0, 0.1) is 6.92 Å². The lowest BCUT2D eigenvalue weighted by molar-refractivity contribution is 0.221. The van der Waals surface area contributed by atoms with Crippen molar-refractivity contribution >= 4 is 22.7 Å². The minimum atomic E-state index is 0.832. The summed E-state index contributed by atoms with van der Waals surface area (Å²) >= 11 is 1.57. The van der Waals surface area contributed by atoms with Gasteiger partial charge in [0.1, 0.15) is 0 Å². The Morgan fingerprint density at radius 1 is 1.32 bits per heavy atom. The van der Waals surface area contributed by atoms with Gasteiger partial charge in [0.05, 0.1) is 11.9 Å². The Balaban J connectivity index is 1.58. The standard InChI is InChI=1S/C17H22N4S/c1-14-13-22-17(19-14)20-18-11-15-6-5-7-16(10-15)12-21-8-3-2-4-9-21/h5-7,10-11,13H,2-4,8-9,12H2,1H3,(H,19,20). The van der Waals surface area contributed by atoms with Gasteiger partial charge in [0.25, 0.3) is 0 Å². The largest absolute Gasteiger partial charge is 0.299 e. The van der Waals surface area contributed by atoms with Crippen molar-refractivity contribution in [3.05, 3.63) is 46.5 Å². The van der Waals surface area contributed by atoms with Gasteiger partial charge < -0.3 is 0 Å². The normalized spacial score (nSPS) is 16.2. The molecule has 1 N–H and O–H groups in total. The highest BCUT2D eigenvalue weighted by atomic mass is 32.1. The fourth-order valence-corrected chi connectivity index (χ4v) is 3.35. The quantitative estimate of drug-likeness (QED) is 0.672. The van der Waals surface area contributed by atoms with Crippen LogP contribution in [0.4, 0.5) is 5.13 Å². The monoisotopic (exact) mass is 314 g/mol. The molecule has 5 heteroatoms. The molecular formula is C17H22N4S. The first-order valence-corrected chi connectivity index (χ1v) is 8.70. The SMILES string of the molecule is Cc1csc(NN=Cc2cccc(CN3CCCCC3)c2)n1. The Morgan fingerprint density at radius 2 is 2.18 bits per heavy atom. The lowest BCUT2D eigenvalue weighted by atomic mass is 10.1. The van der Waals surface area contributed by atoms with E-state index in [2.05, 4.69) is 44.7 Å². The third-order valence-electron chi connectivity index (χ3n) is 3.80. The Morgan fingerprint density at radius 3 is 2.95 bits per heavy atom. The van der Waals surface area contributed by atoms with Crippen LogP contribution < -0.4 is 5.43 Å². The van der Waals surface area contributed by atoms with Gasteiger partial charge in [-0.1, -0.05) is 24.6 Å². The van der Waals surface area contributed by atoms with E-state index in [1.54, 1.807) is 11.3 Å². The number of anilines is 1. The van der Waals surface area contributed by atoms with Crippen molar-refractivity contribution in [2.24, 2.45) is 5.10 Å². The summed E-state index contributed by atoms with van der Waals surface area (Å²) in [4.78, 5) is 6.86. The second kappa shape index (κ2) is 7.51. The molecule has 0 radical (unpaired) electrons. The Bertz CT molecular complexity index is 629. The fraction of sp³-hybridized carbons (Fsp3) is 0.412. The van der Waals surface area contributed by atoms with E-state index in [-0.39, 0.29) is 0 Å². The predicted molar refractivity (Wildman–Crippen MR) is 93.6 cm³/mol. The van der Waals surface area contributed by atoms with Crippen molar-refractivity contribution in [1.82, 2.24) is 9.88 Å². The van der Waals surface area contributed by atoms with Gasteiger partial charge in [-0.3, -0.25) is 10.3 Å². The first-order chi connectivity index (χ1) is 10.8. The number of nitrogens with zero attached hydrogens (tertiary/aromatic N) is 3. The van der Waals surface area contributed by atoms with E-state index in [9.17, 15) is 0 Å². The minimum absolute atomic E-state index is 0.832. The molecule has 1 aliphatic heterocycles. The first-order valence-electron chi connectivity index (χ1n) is 7.82. The molecule has 2 aromatic rings. The maximum atomic E-state index is 4.32. The maximum absolute atomic E-state index is 4.32. The number of thiazole rings is 1. The number of rotatable bonds is 5.